The molecule has 2 amide bonds. The van der Waals surface area contributed by atoms with Crippen molar-refractivity contribution in [2.24, 2.45) is 0 Å². The molecule has 3 heteroatoms. The number of hydrogen-bond donors (Lipinski definition) is 0. The van der Waals surface area contributed by atoms with Crippen molar-refractivity contribution in [2.75, 3.05) is 20.1 Å². The summed E-state index contributed by atoms with van der Waals surface area (Å²) >= 11 is 0. The molecule has 1 aliphatic heterocycles. The zero-order valence-electron chi connectivity index (χ0n) is 15.0. The van der Waals surface area contributed by atoms with E-state index < -0.39 is 0 Å². The van der Waals surface area contributed by atoms with Crippen LogP contribution in [0.2, 0.25) is 0 Å². The summed E-state index contributed by atoms with van der Waals surface area (Å²) in [7, 11) is 1.88. The van der Waals surface area contributed by atoms with E-state index in [-0.39, 0.29) is 11.4 Å². The minimum atomic E-state index is 0.0830. The highest BCUT2D eigenvalue weighted by Gasteiger charge is 2.30. The van der Waals surface area contributed by atoms with E-state index in [1.54, 1.807) is 0 Å². The first kappa shape index (κ1) is 16.4. The highest BCUT2D eigenvalue weighted by Crippen LogP contribution is 2.41. The smallest absolute Gasteiger partial charge is 0.320 e. The van der Waals surface area contributed by atoms with Crippen LogP contribution in [0.5, 0.6) is 0 Å². The fraction of sp³-hybridized carbons (Fsp3) is 0.650. The molecule has 3 nitrogen and oxygen atoms in total. The van der Waals surface area contributed by atoms with Gasteiger partial charge >= 0.3 is 6.03 Å². The normalized spacial score (nSPS) is 19.9. The second-order valence-electron chi connectivity index (χ2n) is 8.15. The van der Waals surface area contributed by atoms with Gasteiger partial charge in [-0.3, -0.25) is 0 Å². The van der Waals surface area contributed by atoms with Crippen LogP contribution in [-0.4, -0.2) is 36.0 Å². The van der Waals surface area contributed by atoms with Crippen LogP contribution in [0.4, 0.5) is 4.79 Å². The molecule has 1 heterocycles. The second-order valence-corrected chi connectivity index (χ2v) is 8.15. The van der Waals surface area contributed by atoms with Gasteiger partial charge in [0.1, 0.15) is 0 Å². The molecule has 0 bridgehead atoms. The number of carbonyl (C=O) groups excluding carboxylic acids is 1. The Bertz CT molecular complexity index is 582. The molecule has 0 atom stereocenters. The minimum absolute atomic E-state index is 0.0830. The zero-order valence-corrected chi connectivity index (χ0v) is 15.0. The lowest BCUT2D eigenvalue weighted by Gasteiger charge is -2.30. The molecule has 0 aromatic heterocycles. The number of urea groups is 1. The first-order valence-corrected chi connectivity index (χ1v) is 8.92. The van der Waals surface area contributed by atoms with Gasteiger partial charge in [0, 0.05) is 26.7 Å². The van der Waals surface area contributed by atoms with Gasteiger partial charge in [-0.15, -0.1) is 0 Å². The Morgan fingerprint density at radius 3 is 2.48 bits per heavy atom. The SMILES string of the molecule is CN1CCN(Cc2cc[c]c(C3CCCC3)c2C(C)(C)C)C1=O. The van der Waals surface area contributed by atoms with Crippen molar-refractivity contribution in [3.05, 3.63) is 34.9 Å². The summed E-state index contributed by atoms with van der Waals surface area (Å²) < 4.78 is 0. The van der Waals surface area contributed by atoms with Crippen molar-refractivity contribution in [2.45, 2.75) is 64.3 Å². The molecule has 125 valence electrons. The summed E-state index contributed by atoms with van der Waals surface area (Å²) in [5.74, 6) is 0.654. The van der Waals surface area contributed by atoms with Crippen LogP contribution in [0.25, 0.3) is 0 Å². The van der Waals surface area contributed by atoms with E-state index in [1.807, 2.05) is 16.8 Å². The van der Waals surface area contributed by atoms with E-state index in [9.17, 15) is 4.79 Å². The van der Waals surface area contributed by atoms with Crippen molar-refractivity contribution < 1.29 is 4.79 Å². The first-order chi connectivity index (χ1) is 10.9. The van der Waals surface area contributed by atoms with Crippen LogP contribution in [-0.2, 0) is 12.0 Å². The van der Waals surface area contributed by atoms with Crippen LogP contribution in [0, 0.1) is 6.07 Å². The standard InChI is InChI=1S/C20H29N2O/c1-20(2,3)18-16(14-22-13-12-21(4)19(22)23)10-7-11-17(18)15-8-5-6-9-15/h7,10,15H,5-6,8-9,12-14H2,1-4H3. The average Bonchev–Trinajstić information content (AvgIpc) is 3.12. The van der Waals surface area contributed by atoms with Crippen LogP contribution in [0.1, 0.15) is 69.1 Å². The Balaban J connectivity index is 1.96. The van der Waals surface area contributed by atoms with Gasteiger partial charge in [-0.05, 0) is 46.9 Å². The third-order valence-electron chi connectivity index (χ3n) is 5.29. The van der Waals surface area contributed by atoms with Crippen LogP contribution in [0.15, 0.2) is 12.1 Å². The van der Waals surface area contributed by atoms with Crippen molar-refractivity contribution in [1.82, 2.24) is 9.80 Å². The van der Waals surface area contributed by atoms with Crippen LogP contribution < -0.4 is 0 Å². The molecular weight excluding hydrogens is 284 g/mol. The number of benzene rings is 1. The summed E-state index contributed by atoms with van der Waals surface area (Å²) in [4.78, 5) is 16.0. The van der Waals surface area contributed by atoms with Crippen molar-refractivity contribution >= 4 is 6.03 Å². The lowest BCUT2D eigenvalue weighted by atomic mass is 9.76. The lowest BCUT2D eigenvalue weighted by molar-refractivity contribution is 0.196. The number of nitrogens with zero attached hydrogens (tertiary/aromatic N) is 2. The topological polar surface area (TPSA) is 23.6 Å². The van der Waals surface area contributed by atoms with Crippen LogP contribution >= 0.6 is 0 Å². The average molecular weight is 313 g/mol. The molecule has 0 unspecified atom stereocenters. The predicted molar refractivity (Wildman–Crippen MR) is 93.6 cm³/mol. The number of hydrogen-bond acceptors (Lipinski definition) is 1. The van der Waals surface area contributed by atoms with Gasteiger partial charge in [0.15, 0.2) is 0 Å². The molecule has 1 aromatic rings. The van der Waals surface area contributed by atoms with Gasteiger partial charge in [0.25, 0.3) is 0 Å². The van der Waals surface area contributed by atoms with Gasteiger partial charge in [0.2, 0.25) is 0 Å². The zero-order chi connectivity index (χ0) is 16.6. The fourth-order valence-electron chi connectivity index (χ4n) is 4.17. The molecule has 0 spiro atoms. The Labute approximate surface area is 140 Å². The molecule has 0 N–H and O–H groups in total. The number of rotatable bonds is 3. The highest BCUT2D eigenvalue weighted by molar-refractivity contribution is 5.76. The molecule has 3 rings (SSSR count). The van der Waals surface area contributed by atoms with Crippen molar-refractivity contribution in [3.63, 3.8) is 0 Å². The molecule has 1 saturated heterocycles. The van der Waals surface area contributed by atoms with E-state index >= 15 is 0 Å². The Hall–Kier alpha value is -1.51. The molecular formula is C20H29N2O. The number of amides is 2. The molecule has 1 aromatic carbocycles. The molecule has 1 saturated carbocycles. The first-order valence-electron chi connectivity index (χ1n) is 8.92. The summed E-state index contributed by atoms with van der Waals surface area (Å²) in [6.07, 6.45) is 5.24. The summed E-state index contributed by atoms with van der Waals surface area (Å²) in [6.45, 7) is 9.25. The van der Waals surface area contributed by atoms with Gasteiger partial charge in [-0.2, -0.15) is 0 Å². The number of carbonyl (C=O) groups is 1. The molecule has 1 aliphatic carbocycles. The second kappa shape index (κ2) is 6.18. The Morgan fingerprint density at radius 1 is 1.22 bits per heavy atom. The predicted octanol–water partition coefficient (Wildman–Crippen LogP) is 4.31. The molecule has 1 radical (unpaired) electrons. The van der Waals surface area contributed by atoms with Crippen molar-refractivity contribution in [1.29, 1.82) is 0 Å². The Morgan fingerprint density at radius 2 is 1.91 bits per heavy atom. The summed E-state index contributed by atoms with van der Waals surface area (Å²) in [6, 6.07) is 7.95. The quantitative estimate of drug-likeness (QED) is 0.815. The van der Waals surface area contributed by atoms with Gasteiger partial charge in [-0.25, -0.2) is 4.79 Å². The molecule has 2 fully saturated rings. The van der Waals surface area contributed by atoms with Gasteiger partial charge < -0.3 is 9.80 Å². The molecule has 2 aliphatic rings. The maximum Gasteiger partial charge on any atom is 0.320 e. The third kappa shape index (κ3) is 3.24. The monoisotopic (exact) mass is 313 g/mol. The van der Waals surface area contributed by atoms with Crippen molar-refractivity contribution in [3.8, 4) is 0 Å². The third-order valence-corrected chi connectivity index (χ3v) is 5.29. The number of likely N-dealkylation sites (N-methyl/N-ethyl adjacent to an activating group) is 1. The maximum absolute atomic E-state index is 12.3. The molecule has 23 heavy (non-hydrogen) atoms. The van der Waals surface area contributed by atoms with Crippen LogP contribution in [0.3, 0.4) is 0 Å². The largest absolute Gasteiger partial charge is 0.326 e. The Kier molecular flexibility index (Phi) is 4.39. The highest BCUT2D eigenvalue weighted by atomic mass is 16.2. The summed E-state index contributed by atoms with van der Waals surface area (Å²) in [5, 5.41) is 0. The fourth-order valence-corrected chi connectivity index (χ4v) is 4.17. The summed E-state index contributed by atoms with van der Waals surface area (Å²) in [5.41, 5.74) is 4.23. The van der Waals surface area contributed by atoms with E-state index in [2.05, 4.69) is 39.0 Å². The lowest BCUT2D eigenvalue weighted by Crippen LogP contribution is -2.30. The van der Waals surface area contributed by atoms with Gasteiger partial charge in [0.05, 0.1) is 0 Å². The minimum Gasteiger partial charge on any atom is -0.326 e. The van der Waals surface area contributed by atoms with E-state index in [1.165, 1.54) is 42.4 Å². The maximum atomic E-state index is 12.3. The van der Waals surface area contributed by atoms with E-state index in [4.69, 9.17) is 0 Å². The van der Waals surface area contributed by atoms with Gasteiger partial charge in [-0.1, -0.05) is 45.7 Å². The van der Waals surface area contributed by atoms with E-state index in [0.29, 0.717) is 5.92 Å². The van der Waals surface area contributed by atoms with E-state index in [0.717, 1.165) is 19.6 Å².